The summed E-state index contributed by atoms with van der Waals surface area (Å²) >= 11 is 0. The molecule has 0 radical (unpaired) electrons. The zero-order valence-electron chi connectivity index (χ0n) is 11.6. The van der Waals surface area contributed by atoms with Gasteiger partial charge in [-0.05, 0) is 51.4 Å². The number of aromatic amines is 1. The summed E-state index contributed by atoms with van der Waals surface area (Å²) in [4.78, 5) is 15.1. The van der Waals surface area contributed by atoms with Crippen LogP contribution in [-0.2, 0) is 11.2 Å². The second-order valence-corrected chi connectivity index (χ2v) is 5.61. The molecule has 0 atom stereocenters. The molecule has 1 aromatic heterocycles. The maximum Gasteiger partial charge on any atom is 0.338 e. The lowest BCUT2D eigenvalue weighted by molar-refractivity contribution is 0.00697. The molecule has 0 saturated heterocycles. The Morgan fingerprint density at radius 1 is 1.37 bits per heavy atom. The van der Waals surface area contributed by atoms with E-state index in [2.05, 4.69) is 4.98 Å². The van der Waals surface area contributed by atoms with Gasteiger partial charge >= 0.3 is 5.97 Å². The number of benzene rings is 1. The Bertz CT molecular complexity index is 594. The Hall–Kier alpha value is -1.81. The van der Waals surface area contributed by atoms with Crippen molar-refractivity contribution in [2.24, 2.45) is 5.73 Å². The molecule has 0 aliphatic heterocycles. The molecule has 2 rings (SSSR count). The van der Waals surface area contributed by atoms with E-state index in [0.717, 1.165) is 17.3 Å². The number of carbonyl (C=O) groups excluding carboxylic acids is 1. The number of rotatable bonds is 3. The van der Waals surface area contributed by atoms with Crippen LogP contribution in [0.25, 0.3) is 10.9 Å². The Balaban J connectivity index is 2.30. The van der Waals surface area contributed by atoms with Crippen molar-refractivity contribution in [3.8, 4) is 0 Å². The Kier molecular flexibility index (Phi) is 3.62. The first-order valence-electron chi connectivity index (χ1n) is 6.44. The van der Waals surface area contributed by atoms with E-state index in [1.54, 1.807) is 6.07 Å². The number of nitrogens with two attached hydrogens (primary N) is 1. The molecule has 0 bridgehead atoms. The molecule has 19 heavy (non-hydrogen) atoms. The van der Waals surface area contributed by atoms with Gasteiger partial charge in [-0.25, -0.2) is 4.79 Å². The van der Waals surface area contributed by atoms with Gasteiger partial charge in [0.15, 0.2) is 0 Å². The van der Waals surface area contributed by atoms with Crippen LogP contribution in [0.1, 0.15) is 36.7 Å². The van der Waals surface area contributed by atoms with Crippen molar-refractivity contribution in [2.45, 2.75) is 32.8 Å². The molecular formula is C15H20N2O2. The Morgan fingerprint density at radius 3 is 2.74 bits per heavy atom. The summed E-state index contributed by atoms with van der Waals surface area (Å²) in [5, 5.41) is 1.11. The van der Waals surface area contributed by atoms with Crippen molar-refractivity contribution in [3.63, 3.8) is 0 Å². The number of nitrogens with one attached hydrogen (secondary N) is 1. The van der Waals surface area contributed by atoms with Gasteiger partial charge in [-0.1, -0.05) is 6.07 Å². The van der Waals surface area contributed by atoms with E-state index in [-0.39, 0.29) is 5.97 Å². The molecule has 4 heteroatoms. The van der Waals surface area contributed by atoms with Crippen LogP contribution in [-0.4, -0.2) is 23.1 Å². The number of aromatic nitrogens is 1. The van der Waals surface area contributed by atoms with Crippen molar-refractivity contribution in [1.82, 2.24) is 4.98 Å². The highest BCUT2D eigenvalue weighted by Gasteiger charge is 2.18. The summed E-state index contributed by atoms with van der Waals surface area (Å²) < 4.78 is 5.35. The number of hydrogen-bond donors (Lipinski definition) is 2. The lowest BCUT2D eigenvalue weighted by atomic mass is 10.1. The third-order valence-electron chi connectivity index (χ3n) is 2.82. The highest BCUT2D eigenvalue weighted by Crippen LogP contribution is 2.21. The van der Waals surface area contributed by atoms with Crippen LogP contribution < -0.4 is 5.73 Å². The predicted molar refractivity (Wildman–Crippen MR) is 76.2 cm³/mol. The Labute approximate surface area is 112 Å². The number of carbonyl (C=O) groups is 1. The fourth-order valence-corrected chi connectivity index (χ4v) is 2.01. The van der Waals surface area contributed by atoms with Crippen LogP contribution in [0.2, 0.25) is 0 Å². The summed E-state index contributed by atoms with van der Waals surface area (Å²) in [5.41, 5.74) is 7.76. The topological polar surface area (TPSA) is 68.1 Å². The van der Waals surface area contributed by atoms with Crippen LogP contribution in [0.5, 0.6) is 0 Å². The second kappa shape index (κ2) is 5.05. The van der Waals surface area contributed by atoms with Crippen molar-refractivity contribution in [2.75, 3.05) is 6.54 Å². The maximum absolute atomic E-state index is 12.0. The molecular weight excluding hydrogens is 240 g/mol. The van der Waals surface area contributed by atoms with Gasteiger partial charge in [0.1, 0.15) is 5.60 Å². The van der Waals surface area contributed by atoms with E-state index in [4.69, 9.17) is 10.5 Å². The van der Waals surface area contributed by atoms with E-state index in [0.29, 0.717) is 12.1 Å². The molecule has 0 aliphatic rings. The highest BCUT2D eigenvalue weighted by atomic mass is 16.6. The first-order valence-corrected chi connectivity index (χ1v) is 6.44. The second-order valence-electron chi connectivity index (χ2n) is 5.61. The number of ether oxygens (including phenoxy) is 1. The van der Waals surface area contributed by atoms with Gasteiger partial charge in [-0.3, -0.25) is 0 Å². The third-order valence-corrected chi connectivity index (χ3v) is 2.82. The van der Waals surface area contributed by atoms with Crippen LogP contribution in [0, 0.1) is 0 Å². The third kappa shape index (κ3) is 3.15. The molecule has 0 fully saturated rings. The van der Waals surface area contributed by atoms with E-state index < -0.39 is 5.60 Å². The van der Waals surface area contributed by atoms with Gasteiger partial charge in [0, 0.05) is 17.1 Å². The standard InChI is InChI=1S/C15H20N2O2/c1-15(2,3)19-14(18)10-4-5-12-11(6-7-16)9-17-13(12)8-10/h4-5,8-9,17H,6-7,16H2,1-3H3. The van der Waals surface area contributed by atoms with Crippen LogP contribution >= 0.6 is 0 Å². The maximum atomic E-state index is 12.0. The van der Waals surface area contributed by atoms with Crippen molar-refractivity contribution in [1.29, 1.82) is 0 Å². The van der Waals surface area contributed by atoms with Crippen molar-refractivity contribution in [3.05, 3.63) is 35.5 Å². The SMILES string of the molecule is CC(C)(C)OC(=O)c1ccc2c(CCN)c[nH]c2c1. The minimum atomic E-state index is -0.480. The number of H-pyrrole nitrogens is 1. The summed E-state index contributed by atoms with van der Waals surface area (Å²) in [6, 6.07) is 5.56. The summed E-state index contributed by atoms with van der Waals surface area (Å²) in [6.07, 6.45) is 2.77. The van der Waals surface area contributed by atoms with Gasteiger partial charge in [-0.2, -0.15) is 0 Å². The number of hydrogen-bond acceptors (Lipinski definition) is 3. The van der Waals surface area contributed by atoms with Gasteiger partial charge < -0.3 is 15.5 Å². The molecule has 4 nitrogen and oxygen atoms in total. The Morgan fingerprint density at radius 2 is 2.11 bits per heavy atom. The smallest absolute Gasteiger partial charge is 0.338 e. The van der Waals surface area contributed by atoms with E-state index in [1.807, 2.05) is 39.1 Å². The van der Waals surface area contributed by atoms with Crippen LogP contribution in [0.15, 0.2) is 24.4 Å². The fraction of sp³-hybridized carbons (Fsp3) is 0.400. The normalized spacial score (nSPS) is 11.8. The molecule has 0 aliphatic carbocycles. The minimum absolute atomic E-state index is 0.302. The quantitative estimate of drug-likeness (QED) is 0.833. The van der Waals surface area contributed by atoms with E-state index in [9.17, 15) is 4.79 Å². The molecule has 0 spiro atoms. The number of fused-ring (bicyclic) bond motifs is 1. The van der Waals surface area contributed by atoms with Crippen LogP contribution in [0.3, 0.4) is 0 Å². The molecule has 1 aromatic carbocycles. The van der Waals surface area contributed by atoms with Gasteiger partial charge in [-0.15, -0.1) is 0 Å². The van der Waals surface area contributed by atoms with E-state index in [1.165, 1.54) is 5.56 Å². The zero-order chi connectivity index (χ0) is 14.0. The lowest BCUT2D eigenvalue weighted by Gasteiger charge is -2.19. The molecule has 0 unspecified atom stereocenters. The number of esters is 1. The van der Waals surface area contributed by atoms with Gasteiger partial charge in [0.2, 0.25) is 0 Å². The molecule has 0 amide bonds. The molecule has 1 heterocycles. The largest absolute Gasteiger partial charge is 0.456 e. The monoisotopic (exact) mass is 260 g/mol. The van der Waals surface area contributed by atoms with Gasteiger partial charge in [0.05, 0.1) is 5.56 Å². The van der Waals surface area contributed by atoms with Crippen LogP contribution in [0.4, 0.5) is 0 Å². The average Bonchev–Trinajstić information content (AvgIpc) is 2.70. The summed E-state index contributed by atoms with van der Waals surface area (Å²) in [5.74, 6) is -0.302. The molecule has 2 aromatic rings. The molecule has 3 N–H and O–H groups in total. The highest BCUT2D eigenvalue weighted by molar-refractivity contribution is 5.95. The minimum Gasteiger partial charge on any atom is -0.456 e. The van der Waals surface area contributed by atoms with Gasteiger partial charge in [0.25, 0.3) is 0 Å². The summed E-state index contributed by atoms with van der Waals surface area (Å²) in [7, 11) is 0. The molecule has 102 valence electrons. The van der Waals surface area contributed by atoms with Crippen molar-refractivity contribution < 1.29 is 9.53 Å². The average molecular weight is 260 g/mol. The first-order chi connectivity index (χ1) is 8.90. The summed E-state index contributed by atoms with van der Waals surface area (Å²) in [6.45, 7) is 6.19. The van der Waals surface area contributed by atoms with Crippen molar-refractivity contribution >= 4 is 16.9 Å². The zero-order valence-corrected chi connectivity index (χ0v) is 11.6. The van der Waals surface area contributed by atoms with E-state index >= 15 is 0 Å². The lowest BCUT2D eigenvalue weighted by Crippen LogP contribution is -2.23. The molecule has 0 saturated carbocycles. The first kappa shape index (κ1) is 13.6. The fourth-order valence-electron chi connectivity index (χ4n) is 2.01. The predicted octanol–water partition coefficient (Wildman–Crippen LogP) is 2.62.